The first-order valence-electron chi connectivity index (χ1n) is 9.38. The molecule has 8 heteroatoms. The summed E-state index contributed by atoms with van der Waals surface area (Å²) in [7, 11) is 1.51. The van der Waals surface area contributed by atoms with Gasteiger partial charge in [0.05, 0.1) is 19.6 Å². The van der Waals surface area contributed by atoms with E-state index in [0.717, 1.165) is 5.56 Å². The van der Waals surface area contributed by atoms with E-state index in [1.807, 2.05) is 19.1 Å². The first kappa shape index (κ1) is 22.6. The summed E-state index contributed by atoms with van der Waals surface area (Å²) >= 11 is 12.4. The average Bonchev–Trinajstić information content (AvgIpc) is 2.72. The number of hydrogen-bond donors (Lipinski definition) is 2. The highest BCUT2D eigenvalue weighted by Crippen LogP contribution is 2.31. The maximum atomic E-state index is 13.0. The van der Waals surface area contributed by atoms with Gasteiger partial charge in [0.15, 0.2) is 0 Å². The predicted octanol–water partition coefficient (Wildman–Crippen LogP) is 5.32. The number of aliphatic carboxylic acids is 1. The molecule has 0 fully saturated rings. The molecule has 0 bridgehead atoms. The predicted molar refractivity (Wildman–Crippen MR) is 120 cm³/mol. The number of benzene rings is 2. The summed E-state index contributed by atoms with van der Waals surface area (Å²) in [4.78, 5) is 28.8. The van der Waals surface area contributed by atoms with Gasteiger partial charge in [-0.15, -0.1) is 0 Å². The number of nitrogens with one attached hydrogen (secondary N) is 1. The fourth-order valence-corrected chi connectivity index (χ4v) is 3.78. The Hall–Kier alpha value is -3.09. The number of carboxylic acids is 1. The molecule has 3 aromatic rings. The van der Waals surface area contributed by atoms with Gasteiger partial charge in [-0.05, 0) is 54.4 Å². The molecule has 1 unspecified atom stereocenters. The zero-order valence-corrected chi connectivity index (χ0v) is 18.4. The van der Waals surface area contributed by atoms with Crippen molar-refractivity contribution in [2.24, 2.45) is 0 Å². The largest absolute Gasteiger partial charge is 0.494 e. The van der Waals surface area contributed by atoms with E-state index in [1.165, 1.54) is 13.2 Å². The van der Waals surface area contributed by atoms with Crippen molar-refractivity contribution in [2.75, 3.05) is 7.11 Å². The van der Waals surface area contributed by atoms with Crippen LogP contribution in [-0.4, -0.2) is 29.1 Å². The van der Waals surface area contributed by atoms with Crippen molar-refractivity contribution in [2.45, 2.75) is 19.4 Å². The number of rotatable bonds is 7. The number of pyridine rings is 1. The number of amides is 1. The van der Waals surface area contributed by atoms with Crippen molar-refractivity contribution in [1.29, 1.82) is 0 Å². The third kappa shape index (κ3) is 5.54. The van der Waals surface area contributed by atoms with E-state index >= 15 is 0 Å². The van der Waals surface area contributed by atoms with E-state index in [2.05, 4.69) is 10.3 Å². The van der Waals surface area contributed by atoms with Crippen LogP contribution in [0.1, 0.15) is 34.1 Å². The molecule has 2 aromatic carbocycles. The van der Waals surface area contributed by atoms with E-state index in [1.54, 1.807) is 36.4 Å². The van der Waals surface area contributed by atoms with Crippen LogP contribution in [0.25, 0.3) is 11.3 Å². The van der Waals surface area contributed by atoms with Crippen LogP contribution in [0.4, 0.5) is 0 Å². The molecule has 0 radical (unpaired) electrons. The van der Waals surface area contributed by atoms with E-state index in [-0.39, 0.29) is 12.1 Å². The molecule has 0 saturated carbocycles. The van der Waals surface area contributed by atoms with Crippen LogP contribution in [-0.2, 0) is 4.79 Å². The van der Waals surface area contributed by atoms with Crippen molar-refractivity contribution in [1.82, 2.24) is 10.3 Å². The zero-order chi connectivity index (χ0) is 22.5. The van der Waals surface area contributed by atoms with Crippen molar-refractivity contribution in [3.63, 3.8) is 0 Å². The van der Waals surface area contributed by atoms with Gasteiger partial charge in [0, 0.05) is 15.6 Å². The Morgan fingerprint density at radius 1 is 1.13 bits per heavy atom. The number of aryl methyl sites for hydroxylation is 1. The van der Waals surface area contributed by atoms with Crippen molar-refractivity contribution >= 4 is 35.1 Å². The molecule has 0 saturated heterocycles. The lowest BCUT2D eigenvalue weighted by Crippen LogP contribution is -2.31. The second-order valence-corrected chi connectivity index (χ2v) is 7.75. The molecule has 0 aliphatic heterocycles. The summed E-state index contributed by atoms with van der Waals surface area (Å²) < 4.78 is 5.40. The molecular formula is C23H20Cl2N2O4. The summed E-state index contributed by atoms with van der Waals surface area (Å²) in [5.41, 5.74) is 2.70. The summed E-state index contributed by atoms with van der Waals surface area (Å²) in [5, 5.41) is 12.9. The number of aromatic nitrogens is 1. The normalized spacial score (nSPS) is 11.6. The highest BCUT2D eigenvalue weighted by molar-refractivity contribution is 6.31. The van der Waals surface area contributed by atoms with Crippen LogP contribution in [0.15, 0.2) is 54.6 Å². The first-order valence-corrected chi connectivity index (χ1v) is 10.1. The Kier molecular flexibility index (Phi) is 7.15. The minimum Gasteiger partial charge on any atom is -0.494 e. The molecule has 2 N–H and O–H groups in total. The third-order valence-electron chi connectivity index (χ3n) is 4.59. The maximum Gasteiger partial charge on any atom is 0.305 e. The van der Waals surface area contributed by atoms with Crippen molar-refractivity contribution in [3.05, 3.63) is 81.5 Å². The second-order valence-electron chi connectivity index (χ2n) is 6.91. The maximum absolute atomic E-state index is 13.0. The highest BCUT2D eigenvalue weighted by Gasteiger charge is 2.22. The Bertz CT molecular complexity index is 1110. The van der Waals surface area contributed by atoms with Crippen LogP contribution < -0.4 is 10.1 Å². The highest BCUT2D eigenvalue weighted by atomic mass is 35.5. The van der Waals surface area contributed by atoms with Crippen LogP contribution in [0.5, 0.6) is 5.75 Å². The first-order chi connectivity index (χ1) is 14.8. The van der Waals surface area contributed by atoms with Gasteiger partial charge in [0.2, 0.25) is 0 Å². The Labute approximate surface area is 189 Å². The van der Waals surface area contributed by atoms with E-state index in [4.69, 9.17) is 27.9 Å². The smallest absolute Gasteiger partial charge is 0.305 e. The van der Waals surface area contributed by atoms with Crippen molar-refractivity contribution in [3.8, 4) is 17.0 Å². The zero-order valence-electron chi connectivity index (χ0n) is 16.9. The van der Waals surface area contributed by atoms with Crippen LogP contribution in [0, 0.1) is 6.92 Å². The SMILES string of the molecule is COc1ccc(C(=O)NC(CC(=O)O)c2ccccc2Cl)nc1-c1cc(C)cc(Cl)c1. The summed E-state index contributed by atoms with van der Waals surface area (Å²) in [6.07, 6.45) is -0.327. The molecule has 0 aliphatic carbocycles. The summed E-state index contributed by atoms with van der Waals surface area (Å²) in [5.74, 6) is -1.12. The number of halogens is 2. The molecule has 1 aromatic heterocycles. The molecule has 160 valence electrons. The fourth-order valence-electron chi connectivity index (χ4n) is 3.22. The van der Waals surface area contributed by atoms with Gasteiger partial charge in [0.25, 0.3) is 5.91 Å². The molecule has 31 heavy (non-hydrogen) atoms. The average molecular weight is 459 g/mol. The van der Waals surface area contributed by atoms with Gasteiger partial charge < -0.3 is 15.2 Å². The number of carbonyl (C=O) groups is 2. The second kappa shape index (κ2) is 9.81. The number of carboxylic acid groups (broad SMARTS) is 1. The van der Waals surface area contributed by atoms with E-state index in [0.29, 0.717) is 32.6 Å². The lowest BCUT2D eigenvalue weighted by atomic mass is 10.0. The van der Waals surface area contributed by atoms with Gasteiger partial charge in [-0.1, -0.05) is 41.4 Å². The molecule has 1 amide bonds. The minimum atomic E-state index is -1.07. The molecular weight excluding hydrogens is 439 g/mol. The molecule has 0 spiro atoms. The summed E-state index contributed by atoms with van der Waals surface area (Å²) in [6, 6.07) is 14.5. The molecule has 6 nitrogen and oxygen atoms in total. The lowest BCUT2D eigenvalue weighted by molar-refractivity contribution is -0.137. The Morgan fingerprint density at radius 3 is 2.52 bits per heavy atom. The number of carbonyl (C=O) groups excluding carboxylic acids is 1. The van der Waals surface area contributed by atoms with Crippen LogP contribution in [0.2, 0.25) is 10.0 Å². The topological polar surface area (TPSA) is 88.5 Å². The Balaban J connectivity index is 1.97. The van der Waals surface area contributed by atoms with Crippen LogP contribution >= 0.6 is 23.2 Å². The third-order valence-corrected chi connectivity index (χ3v) is 5.15. The van der Waals surface area contributed by atoms with Gasteiger partial charge in [-0.25, -0.2) is 4.98 Å². The molecule has 0 aliphatic rings. The number of methoxy groups -OCH3 is 1. The number of hydrogen-bond acceptors (Lipinski definition) is 4. The summed E-state index contributed by atoms with van der Waals surface area (Å²) in [6.45, 7) is 1.90. The van der Waals surface area contributed by atoms with E-state index in [9.17, 15) is 14.7 Å². The van der Waals surface area contributed by atoms with Crippen molar-refractivity contribution < 1.29 is 19.4 Å². The van der Waals surface area contributed by atoms with E-state index < -0.39 is 17.9 Å². The fraction of sp³-hybridized carbons (Fsp3) is 0.174. The number of ether oxygens (including phenoxy) is 1. The van der Waals surface area contributed by atoms with Gasteiger partial charge in [0.1, 0.15) is 17.1 Å². The van der Waals surface area contributed by atoms with Gasteiger partial charge >= 0.3 is 5.97 Å². The molecule has 3 rings (SSSR count). The number of nitrogens with zero attached hydrogens (tertiary/aromatic N) is 1. The monoisotopic (exact) mass is 458 g/mol. The standard InChI is InChI=1S/C23H20Cl2N2O4/c1-13-9-14(11-15(24)10-13)22-20(31-2)8-7-18(26-22)23(30)27-19(12-21(28)29)16-5-3-4-6-17(16)25/h3-11,19H,12H2,1-2H3,(H,27,30)(H,28,29). The lowest BCUT2D eigenvalue weighted by Gasteiger charge is -2.19. The quantitative estimate of drug-likeness (QED) is 0.500. The minimum absolute atomic E-state index is 0.107. The molecule has 1 heterocycles. The Morgan fingerprint density at radius 2 is 1.87 bits per heavy atom. The van der Waals surface area contributed by atoms with Crippen LogP contribution in [0.3, 0.4) is 0 Å². The van der Waals surface area contributed by atoms with Gasteiger partial charge in [-0.2, -0.15) is 0 Å². The van der Waals surface area contributed by atoms with Gasteiger partial charge in [-0.3, -0.25) is 9.59 Å². The molecule has 1 atom stereocenters.